The summed E-state index contributed by atoms with van der Waals surface area (Å²) in [5, 5.41) is 2.66. The van der Waals surface area contributed by atoms with Crippen molar-refractivity contribution in [2.24, 2.45) is 0 Å². The minimum absolute atomic E-state index is 0.00395. The molecular weight excluding hydrogens is 542 g/mol. The predicted molar refractivity (Wildman–Crippen MR) is 153 cm³/mol. The highest BCUT2D eigenvalue weighted by atomic mass is 32.2. The molecule has 0 saturated heterocycles. The molecule has 0 heterocycles. The van der Waals surface area contributed by atoms with Gasteiger partial charge in [-0.05, 0) is 59.0 Å². The highest BCUT2D eigenvalue weighted by Gasteiger charge is 2.30. The molecular formula is C32H29NO7S. The molecule has 1 aliphatic rings. The first-order valence-corrected chi connectivity index (χ1v) is 14.6. The normalized spacial score (nSPS) is 13.0. The summed E-state index contributed by atoms with van der Waals surface area (Å²) >= 11 is 0. The third-order valence-corrected chi connectivity index (χ3v) is 8.12. The number of rotatable bonds is 10. The summed E-state index contributed by atoms with van der Waals surface area (Å²) < 4.78 is 41.5. The van der Waals surface area contributed by atoms with Gasteiger partial charge in [-0.2, -0.15) is 8.42 Å². The maximum atomic E-state index is 12.8. The Kier molecular flexibility index (Phi) is 8.35. The van der Waals surface area contributed by atoms with Crippen molar-refractivity contribution >= 4 is 22.2 Å². The predicted octanol–water partition coefficient (Wildman–Crippen LogP) is 5.64. The van der Waals surface area contributed by atoms with Crippen LogP contribution in [-0.4, -0.2) is 40.2 Å². The van der Waals surface area contributed by atoms with Crippen molar-refractivity contribution in [1.29, 1.82) is 0 Å². The van der Waals surface area contributed by atoms with Crippen LogP contribution in [0, 0.1) is 0 Å². The number of carbonyl (C=O) groups excluding carboxylic acids is 2. The Morgan fingerprint density at radius 3 is 2.10 bits per heavy atom. The number of nitrogens with one attached hydrogen (secondary N) is 1. The Hall–Kier alpha value is -4.63. The lowest BCUT2D eigenvalue weighted by atomic mass is 9.98. The maximum Gasteiger partial charge on any atom is 0.407 e. The molecule has 1 unspecified atom stereocenters. The molecule has 0 aromatic heterocycles. The van der Waals surface area contributed by atoms with E-state index in [1.807, 2.05) is 36.4 Å². The van der Waals surface area contributed by atoms with E-state index in [9.17, 15) is 18.0 Å². The van der Waals surface area contributed by atoms with E-state index in [0.29, 0.717) is 5.56 Å². The van der Waals surface area contributed by atoms with E-state index >= 15 is 0 Å². The smallest absolute Gasteiger partial charge is 0.407 e. The van der Waals surface area contributed by atoms with Crippen molar-refractivity contribution in [2.45, 2.75) is 23.7 Å². The lowest BCUT2D eigenvalue weighted by Crippen LogP contribution is -2.33. The monoisotopic (exact) mass is 571 g/mol. The Balaban J connectivity index is 1.27. The molecule has 0 aliphatic heterocycles. The van der Waals surface area contributed by atoms with Crippen molar-refractivity contribution in [1.82, 2.24) is 5.32 Å². The van der Waals surface area contributed by atoms with Gasteiger partial charge in [-0.25, -0.2) is 4.79 Å². The molecule has 8 nitrogen and oxygen atoms in total. The van der Waals surface area contributed by atoms with E-state index in [-0.39, 0.29) is 36.3 Å². The third-order valence-electron chi connectivity index (χ3n) is 6.86. The van der Waals surface area contributed by atoms with Crippen molar-refractivity contribution in [2.75, 3.05) is 19.8 Å². The Morgan fingerprint density at radius 1 is 0.805 bits per heavy atom. The van der Waals surface area contributed by atoms with Crippen LogP contribution in [0.2, 0.25) is 0 Å². The van der Waals surface area contributed by atoms with Crippen LogP contribution in [0.4, 0.5) is 4.79 Å². The van der Waals surface area contributed by atoms with Crippen molar-refractivity contribution in [3.05, 3.63) is 120 Å². The SMILES string of the molecule is CCOC(=O)C(CNC(=O)OCC1c2ccccc2-c2ccccc21)c1cccc(OS(=O)(=O)c2ccccc2)c1. The van der Waals surface area contributed by atoms with Crippen LogP contribution in [0.3, 0.4) is 0 Å². The lowest BCUT2D eigenvalue weighted by Gasteiger charge is -2.18. The Labute approximate surface area is 239 Å². The number of ether oxygens (including phenoxy) is 2. The number of carbonyl (C=O) groups is 2. The molecule has 0 saturated carbocycles. The summed E-state index contributed by atoms with van der Waals surface area (Å²) in [5.74, 6) is -1.57. The molecule has 5 rings (SSSR count). The van der Waals surface area contributed by atoms with Gasteiger partial charge in [0.1, 0.15) is 17.3 Å². The maximum absolute atomic E-state index is 12.8. The van der Waals surface area contributed by atoms with Gasteiger partial charge in [0.25, 0.3) is 0 Å². The van der Waals surface area contributed by atoms with Gasteiger partial charge in [0.15, 0.2) is 0 Å². The molecule has 0 radical (unpaired) electrons. The summed E-state index contributed by atoms with van der Waals surface area (Å²) in [6.45, 7) is 1.83. The first kappa shape index (κ1) is 27.9. The second-order valence-electron chi connectivity index (χ2n) is 9.43. The molecule has 1 aliphatic carbocycles. The number of benzene rings is 4. The lowest BCUT2D eigenvalue weighted by molar-refractivity contribution is -0.144. The zero-order valence-electron chi connectivity index (χ0n) is 22.4. The summed E-state index contributed by atoms with van der Waals surface area (Å²) in [6.07, 6.45) is -0.680. The fourth-order valence-corrected chi connectivity index (χ4v) is 5.90. The molecule has 210 valence electrons. The molecule has 0 fully saturated rings. The van der Waals surface area contributed by atoms with Crippen LogP contribution in [-0.2, 0) is 24.4 Å². The van der Waals surface area contributed by atoms with Crippen LogP contribution >= 0.6 is 0 Å². The summed E-state index contributed by atoms with van der Waals surface area (Å²) in [7, 11) is -4.08. The molecule has 1 atom stereocenters. The van der Waals surface area contributed by atoms with Crippen LogP contribution < -0.4 is 9.50 Å². The van der Waals surface area contributed by atoms with E-state index in [0.717, 1.165) is 22.3 Å². The average Bonchev–Trinajstić information content (AvgIpc) is 3.30. The zero-order chi connectivity index (χ0) is 28.8. The van der Waals surface area contributed by atoms with Crippen LogP contribution in [0.15, 0.2) is 108 Å². The van der Waals surface area contributed by atoms with Crippen molar-refractivity contribution in [3.63, 3.8) is 0 Å². The number of hydrogen-bond donors (Lipinski definition) is 1. The molecule has 1 amide bonds. The molecule has 0 bridgehead atoms. The molecule has 0 spiro atoms. The Bertz CT molecular complexity index is 1610. The summed E-state index contributed by atoms with van der Waals surface area (Å²) in [5.41, 5.74) is 4.84. The largest absolute Gasteiger partial charge is 0.465 e. The van der Waals surface area contributed by atoms with E-state index in [1.165, 1.54) is 24.3 Å². The van der Waals surface area contributed by atoms with Crippen LogP contribution in [0.5, 0.6) is 5.75 Å². The van der Waals surface area contributed by atoms with E-state index in [1.54, 1.807) is 37.3 Å². The molecule has 41 heavy (non-hydrogen) atoms. The second kappa shape index (κ2) is 12.3. The second-order valence-corrected chi connectivity index (χ2v) is 11.0. The van der Waals surface area contributed by atoms with Crippen LogP contribution in [0.25, 0.3) is 11.1 Å². The fourth-order valence-electron chi connectivity index (χ4n) is 4.96. The number of hydrogen-bond acceptors (Lipinski definition) is 7. The highest BCUT2D eigenvalue weighted by molar-refractivity contribution is 7.87. The minimum atomic E-state index is -4.08. The first-order valence-electron chi connectivity index (χ1n) is 13.2. The first-order chi connectivity index (χ1) is 19.9. The topological polar surface area (TPSA) is 108 Å². The summed E-state index contributed by atoms with van der Waals surface area (Å²) in [4.78, 5) is 25.6. The van der Waals surface area contributed by atoms with Gasteiger partial charge in [-0.3, -0.25) is 4.79 Å². The molecule has 4 aromatic carbocycles. The van der Waals surface area contributed by atoms with E-state index < -0.39 is 28.1 Å². The van der Waals surface area contributed by atoms with Gasteiger partial charge in [-0.15, -0.1) is 0 Å². The van der Waals surface area contributed by atoms with Gasteiger partial charge in [0.05, 0.1) is 12.5 Å². The highest BCUT2D eigenvalue weighted by Crippen LogP contribution is 2.44. The quantitative estimate of drug-likeness (QED) is 0.194. The number of fused-ring (bicyclic) bond motifs is 3. The van der Waals surface area contributed by atoms with Gasteiger partial charge >= 0.3 is 22.2 Å². The van der Waals surface area contributed by atoms with Crippen molar-refractivity contribution < 1.29 is 31.7 Å². The molecule has 9 heteroatoms. The van der Waals surface area contributed by atoms with E-state index in [4.69, 9.17) is 13.7 Å². The molecule has 4 aromatic rings. The number of amides is 1. The fraction of sp³-hybridized carbons (Fsp3) is 0.188. The number of esters is 1. The van der Waals surface area contributed by atoms with Gasteiger partial charge < -0.3 is 19.0 Å². The zero-order valence-corrected chi connectivity index (χ0v) is 23.2. The Morgan fingerprint density at radius 2 is 1.44 bits per heavy atom. The number of alkyl carbamates (subject to hydrolysis) is 1. The van der Waals surface area contributed by atoms with Crippen LogP contribution in [0.1, 0.15) is 35.4 Å². The van der Waals surface area contributed by atoms with E-state index in [2.05, 4.69) is 17.4 Å². The van der Waals surface area contributed by atoms with Gasteiger partial charge in [-0.1, -0.05) is 78.9 Å². The minimum Gasteiger partial charge on any atom is -0.465 e. The van der Waals surface area contributed by atoms with Crippen molar-refractivity contribution in [3.8, 4) is 16.9 Å². The van der Waals surface area contributed by atoms with Gasteiger partial charge in [0, 0.05) is 12.5 Å². The summed E-state index contributed by atoms with van der Waals surface area (Å²) in [6, 6.07) is 30.0. The third kappa shape index (κ3) is 6.25. The van der Waals surface area contributed by atoms with Gasteiger partial charge in [0.2, 0.25) is 0 Å². The average molecular weight is 572 g/mol. The molecule has 1 N–H and O–H groups in total. The standard InChI is InChI=1S/C32H29NO7S/c1-2-38-31(34)29(22-11-10-12-23(19-22)40-41(36,37)24-13-4-3-5-14-24)20-33-32(35)39-21-30-27-17-8-6-15-25(27)26-16-7-9-18-28(26)30/h3-19,29-30H,2,20-21H2,1H3,(H,33,35).